The zero-order valence-corrected chi connectivity index (χ0v) is 13.0. The van der Waals surface area contributed by atoms with E-state index < -0.39 is 36.4 Å². The fraction of sp³-hybridized carbons (Fsp3) is 0.786. The highest BCUT2D eigenvalue weighted by Crippen LogP contribution is 2.32. The maximum Gasteiger partial charge on any atom is 0.305 e. The average molecular weight is 302 g/mol. The maximum atomic E-state index is 11.3. The van der Waals surface area contributed by atoms with Crippen LogP contribution in [0.1, 0.15) is 41.0 Å². The highest BCUT2D eigenvalue weighted by atomic mass is 16.7. The van der Waals surface area contributed by atoms with Crippen LogP contribution in [0.2, 0.25) is 0 Å². The molecule has 0 N–H and O–H groups in total. The molecule has 7 heteroatoms. The predicted octanol–water partition coefficient (Wildman–Crippen LogP) is 1.18. The molecule has 0 aromatic rings. The summed E-state index contributed by atoms with van der Waals surface area (Å²) in [7, 11) is 0. The van der Waals surface area contributed by atoms with Crippen molar-refractivity contribution in [3.05, 3.63) is 0 Å². The first-order valence-electron chi connectivity index (χ1n) is 6.93. The van der Waals surface area contributed by atoms with Crippen molar-refractivity contribution in [3.63, 3.8) is 0 Å². The Bertz CT molecular complexity index is 406. The highest BCUT2D eigenvalue weighted by Gasteiger charge is 2.48. The summed E-state index contributed by atoms with van der Waals surface area (Å²) in [6.45, 7) is 7.47. The molecule has 0 aliphatic carbocycles. The summed E-state index contributed by atoms with van der Waals surface area (Å²) in [5.74, 6) is -1.83. The Balaban J connectivity index is 3.05. The monoisotopic (exact) mass is 302 g/mol. The van der Waals surface area contributed by atoms with Crippen LogP contribution in [0.25, 0.3) is 0 Å². The van der Waals surface area contributed by atoms with Crippen LogP contribution >= 0.6 is 0 Å². The van der Waals surface area contributed by atoms with E-state index in [0.717, 1.165) is 0 Å². The van der Waals surface area contributed by atoms with Gasteiger partial charge in [0.25, 0.3) is 0 Å². The number of hydrogen-bond acceptors (Lipinski definition) is 7. The van der Waals surface area contributed by atoms with Gasteiger partial charge in [-0.2, -0.15) is 0 Å². The summed E-state index contributed by atoms with van der Waals surface area (Å²) >= 11 is 0. The van der Waals surface area contributed by atoms with Crippen molar-refractivity contribution in [2.75, 3.05) is 0 Å². The molecule has 0 saturated carbocycles. The molecule has 0 spiro atoms. The van der Waals surface area contributed by atoms with Crippen LogP contribution in [0.4, 0.5) is 0 Å². The Morgan fingerprint density at radius 2 is 1.38 bits per heavy atom. The number of rotatable bonds is 4. The number of esters is 3. The normalized spacial score (nSPS) is 32.1. The minimum atomic E-state index is -1.09. The number of hydrogen-bond donors (Lipinski definition) is 0. The number of carbonyl (C=O) groups is 3. The Kier molecular flexibility index (Phi) is 6.14. The quantitative estimate of drug-likeness (QED) is 0.569. The van der Waals surface area contributed by atoms with Crippen LogP contribution in [0, 0.1) is 5.92 Å². The largest absolute Gasteiger partial charge is 0.458 e. The molecule has 5 atom stereocenters. The molecule has 21 heavy (non-hydrogen) atoms. The molecule has 0 bridgehead atoms. The average Bonchev–Trinajstić information content (AvgIpc) is 2.35. The van der Waals surface area contributed by atoms with Crippen molar-refractivity contribution in [1.29, 1.82) is 0 Å². The lowest BCUT2D eigenvalue weighted by atomic mass is 9.89. The van der Waals surface area contributed by atoms with E-state index >= 15 is 0 Å². The van der Waals surface area contributed by atoms with Gasteiger partial charge in [-0.3, -0.25) is 14.4 Å². The van der Waals surface area contributed by atoms with Gasteiger partial charge in [0.2, 0.25) is 12.4 Å². The third-order valence-corrected chi connectivity index (χ3v) is 3.29. The Morgan fingerprint density at radius 3 is 1.81 bits per heavy atom. The molecule has 0 amide bonds. The topological polar surface area (TPSA) is 88.1 Å². The first kappa shape index (κ1) is 17.4. The molecule has 0 aromatic carbocycles. The van der Waals surface area contributed by atoms with Gasteiger partial charge in [0.1, 0.15) is 6.10 Å². The lowest BCUT2D eigenvalue weighted by molar-refractivity contribution is -0.281. The number of ether oxygens (including phenoxy) is 4. The van der Waals surface area contributed by atoms with Crippen molar-refractivity contribution in [2.45, 2.75) is 65.6 Å². The standard InChI is InChI=1S/C14H22O7/c1-6-11-7(2)12(18-8(3)15)13(19-9(4)16)14(21-11)20-10(5)17/h7,11-14H,6H2,1-5H3/t7-,11-,12+,13+,14-/m1/s1. The fourth-order valence-electron chi connectivity index (χ4n) is 2.45. The fourth-order valence-corrected chi connectivity index (χ4v) is 2.45. The van der Waals surface area contributed by atoms with E-state index in [2.05, 4.69) is 0 Å². The molecule has 1 rings (SSSR count). The molecule has 0 radical (unpaired) electrons. The summed E-state index contributed by atoms with van der Waals surface area (Å²) in [5.41, 5.74) is 0. The molecule has 1 saturated heterocycles. The molecule has 0 unspecified atom stereocenters. The van der Waals surface area contributed by atoms with Crippen molar-refractivity contribution >= 4 is 17.9 Å². The van der Waals surface area contributed by atoms with Crippen LogP contribution in [0.3, 0.4) is 0 Å². The Hall–Kier alpha value is -1.63. The van der Waals surface area contributed by atoms with Crippen LogP contribution in [-0.4, -0.2) is 42.5 Å². The molecular weight excluding hydrogens is 280 g/mol. The molecule has 1 aliphatic rings. The van der Waals surface area contributed by atoms with Crippen LogP contribution < -0.4 is 0 Å². The maximum absolute atomic E-state index is 11.3. The first-order valence-corrected chi connectivity index (χ1v) is 6.93. The van der Waals surface area contributed by atoms with Crippen molar-refractivity contribution in [1.82, 2.24) is 0 Å². The van der Waals surface area contributed by atoms with Crippen molar-refractivity contribution in [2.24, 2.45) is 5.92 Å². The van der Waals surface area contributed by atoms with E-state index in [1.165, 1.54) is 20.8 Å². The second kappa shape index (κ2) is 7.40. The zero-order valence-electron chi connectivity index (χ0n) is 13.0. The number of carbonyl (C=O) groups excluding carboxylic acids is 3. The van der Waals surface area contributed by atoms with Gasteiger partial charge < -0.3 is 18.9 Å². The summed E-state index contributed by atoms with van der Waals surface area (Å²) in [4.78, 5) is 33.8. The third kappa shape index (κ3) is 4.70. The summed E-state index contributed by atoms with van der Waals surface area (Å²) in [6, 6.07) is 0. The van der Waals surface area contributed by atoms with E-state index in [1.807, 2.05) is 13.8 Å². The van der Waals surface area contributed by atoms with E-state index in [0.29, 0.717) is 6.42 Å². The molecule has 1 fully saturated rings. The molecule has 120 valence electrons. The second-order valence-corrected chi connectivity index (χ2v) is 5.07. The molecule has 7 nitrogen and oxygen atoms in total. The molecule has 0 aromatic heterocycles. The minimum Gasteiger partial charge on any atom is -0.458 e. The van der Waals surface area contributed by atoms with Gasteiger partial charge in [0, 0.05) is 26.7 Å². The summed E-state index contributed by atoms with van der Waals surface area (Å²) in [6.07, 6.45) is -2.42. The highest BCUT2D eigenvalue weighted by molar-refractivity contribution is 5.68. The van der Waals surface area contributed by atoms with Gasteiger partial charge >= 0.3 is 17.9 Å². The predicted molar refractivity (Wildman–Crippen MR) is 71.0 cm³/mol. The van der Waals surface area contributed by atoms with E-state index in [4.69, 9.17) is 18.9 Å². The van der Waals surface area contributed by atoms with E-state index in [9.17, 15) is 14.4 Å². The van der Waals surface area contributed by atoms with Crippen molar-refractivity contribution < 1.29 is 33.3 Å². The molecular formula is C14H22O7. The Labute approximate surface area is 123 Å². The second-order valence-electron chi connectivity index (χ2n) is 5.07. The van der Waals surface area contributed by atoms with Crippen LogP contribution in [0.5, 0.6) is 0 Å². The zero-order chi connectivity index (χ0) is 16.2. The minimum absolute atomic E-state index is 0.199. The van der Waals surface area contributed by atoms with Gasteiger partial charge in [-0.05, 0) is 6.42 Å². The first-order chi connectivity index (χ1) is 9.76. The SMILES string of the molecule is CC[C@H]1O[C@@H](OC(C)=O)[C@@H](OC(C)=O)[C@@H](OC(C)=O)[C@@H]1C. The van der Waals surface area contributed by atoms with Crippen LogP contribution in [0.15, 0.2) is 0 Å². The van der Waals surface area contributed by atoms with Gasteiger partial charge in [0.05, 0.1) is 6.10 Å². The third-order valence-electron chi connectivity index (χ3n) is 3.29. The van der Waals surface area contributed by atoms with E-state index in [-0.39, 0.29) is 12.0 Å². The lowest BCUT2D eigenvalue weighted by Gasteiger charge is -2.43. The van der Waals surface area contributed by atoms with E-state index in [1.54, 1.807) is 0 Å². The van der Waals surface area contributed by atoms with Crippen molar-refractivity contribution in [3.8, 4) is 0 Å². The molecule has 1 aliphatic heterocycles. The van der Waals surface area contributed by atoms with Gasteiger partial charge in [-0.15, -0.1) is 0 Å². The van der Waals surface area contributed by atoms with Gasteiger partial charge in [-0.25, -0.2) is 0 Å². The summed E-state index contributed by atoms with van der Waals surface area (Å²) in [5, 5.41) is 0. The smallest absolute Gasteiger partial charge is 0.305 e. The molecule has 1 heterocycles. The van der Waals surface area contributed by atoms with Crippen LogP contribution in [-0.2, 0) is 33.3 Å². The van der Waals surface area contributed by atoms with Gasteiger partial charge in [-0.1, -0.05) is 13.8 Å². The summed E-state index contributed by atoms with van der Waals surface area (Å²) < 4.78 is 21.2. The lowest BCUT2D eigenvalue weighted by Crippen LogP contribution is -2.57. The van der Waals surface area contributed by atoms with Gasteiger partial charge in [0.15, 0.2) is 0 Å². The Morgan fingerprint density at radius 1 is 0.905 bits per heavy atom.